The first kappa shape index (κ1) is 21.9. The van der Waals surface area contributed by atoms with E-state index in [1.807, 2.05) is 7.05 Å². The van der Waals surface area contributed by atoms with Crippen LogP contribution >= 0.6 is 24.0 Å². The van der Waals surface area contributed by atoms with Crippen LogP contribution in [0.3, 0.4) is 0 Å². The summed E-state index contributed by atoms with van der Waals surface area (Å²) < 4.78 is 11.1. The van der Waals surface area contributed by atoms with Crippen LogP contribution in [-0.2, 0) is 9.47 Å². The Bertz CT molecular complexity index is 356. The van der Waals surface area contributed by atoms with Crippen molar-refractivity contribution in [1.29, 1.82) is 0 Å². The molecule has 2 atom stereocenters. The summed E-state index contributed by atoms with van der Waals surface area (Å²) in [5.74, 6) is 1.56. The number of aliphatic imine (C=N–C) groups is 1. The van der Waals surface area contributed by atoms with Gasteiger partial charge >= 0.3 is 0 Å². The molecule has 142 valence electrons. The quantitative estimate of drug-likeness (QED) is 0.349. The minimum absolute atomic E-state index is 0. The zero-order chi connectivity index (χ0) is 16.5. The lowest BCUT2D eigenvalue weighted by Crippen LogP contribution is -2.51. The third-order valence-electron chi connectivity index (χ3n) is 4.56. The maximum atomic E-state index is 5.65. The van der Waals surface area contributed by atoms with E-state index in [1.54, 1.807) is 0 Å². The summed E-state index contributed by atoms with van der Waals surface area (Å²) in [6.07, 6.45) is 3.84. The van der Waals surface area contributed by atoms with E-state index in [9.17, 15) is 0 Å². The van der Waals surface area contributed by atoms with Crippen molar-refractivity contribution in [1.82, 2.24) is 15.5 Å². The predicted molar refractivity (Wildman–Crippen MR) is 109 cm³/mol. The molecule has 6 nitrogen and oxygen atoms in total. The number of halogens is 1. The molecule has 2 fully saturated rings. The molecule has 7 heteroatoms. The van der Waals surface area contributed by atoms with Gasteiger partial charge in [-0.05, 0) is 25.2 Å². The molecule has 2 rings (SSSR count). The van der Waals surface area contributed by atoms with Gasteiger partial charge in [-0.1, -0.05) is 13.8 Å². The van der Waals surface area contributed by atoms with Gasteiger partial charge in [0, 0.05) is 45.9 Å². The molecular weight excluding hydrogens is 419 g/mol. The third-order valence-corrected chi connectivity index (χ3v) is 4.56. The van der Waals surface area contributed by atoms with Gasteiger partial charge in [-0.2, -0.15) is 0 Å². The number of hydrogen-bond acceptors (Lipinski definition) is 4. The standard InChI is InChI=1S/C17H34N4O2.HI/c1-14(2)11-15(21-6-9-22-10-7-21)12-19-17(18-3)20-13-16-5-4-8-23-16;/h14-16H,4-13H2,1-3H3,(H2,18,19,20);1H. The van der Waals surface area contributed by atoms with E-state index in [4.69, 9.17) is 9.47 Å². The van der Waals surface area contributed by atoms with Gasteiger partial charge in [0.25, 0.3) is 0 Å². The number of guanidine groups is 1. The first-order valence-electron chi connectivity index (χ1n) is 9.07. The first-order valence-corrected chi connectivity index (χ1v) is 9.07. The van der Waals surface area contributed by atoms with Crippen molar-refractivity contribution in [2.24, 2.45) is 10.9 Å². The van der Waals surface area contributed by atoms with Gasteiger partial charge in [0.15, 0.2) is 5.96 Å². The second-order valence-corrected chi connectivity index (χ2v) is 6.90. The van der Waals surface area contributed by atoms with Gasteiger partial charge in [0.05, 0.1) is 19.3 Å². The Kier molecular flexibility index (Phi) is 11.2. The number of nitrogens with one attached hydrogen (secondary N) is 2. The van der Waals surface area contributed by atoms with E-state index >= 15 is 0 Å². The Morgan fingerprint density at radius 3 is 2.54 bits per heavy atom. The van der Waals surface area contributed by atoms with Crippen molar-refractivity contribution < 1.29 is 9.47 Å². The highest BCUT2D eigenvalue weighted by atomic mass is 127. The molecule has 2 N–H and O–H groups in total. The molecule has 24 heavy (non-hydrogen) atoms. The average molecular weight is 454 g/mol. The van der Waals surface area contributed by atoms with Crippen LogP contribution in [0, 0.1) is 5.92 Å². The summed E-state index contributed by atoms with van der Waals surface area (Å²) in [4.78, 5) is 6.89. The molecule has 0 aliphatic carbocycles. The Labute approximate surface area is 164 Å². The lowest BCUT2D eigenvalue weighted by atomic mass is 10.0. The van der Waals surface area contributed by atoms with Gasteiger partial charge in [0.1, 0.15) is 0 Å². The summed E-state index contributed by atoms with van der Waals surface area (Å²) in [7, 11) is 1.83. The number of ether oxygens (including phenoxy) is 2. The van der Waals surface area contributed by atoms with Crippen molar-refractivity contribution in [2.45, 2.75) is 45.3 Å². The molecule has 0 aromatic carbocycles. The minimum Gasteiger partial charge on any atom is -0.379 e. The second kappa shape index (κ2) is 12.3. The topological polar surface area (TPSA) is 58.1 Å². The Balaban J connectivity index is 0.00000288. The SMILES string of the molecule is CN=C(NCC1CCCO1)NCC(CC(C)C)N1CCOCC1.I. The molecule has 0 amide bonds. The number of hydrogen-bond donors (Lipinski definition) is 2. The maximum absolute atomic E-state index is 5.65. The molecule has 2 saturated heterocycles. The molecule has 2 unspecified atom stereocenters. The summed E-state index contributed by atoms with van der Waals surface area (Å²) >= 11 is 0. The summed E-state index contributed by atoms with van der Waals surface area (Å²) in [6.45, 7) is 11.0. The highest BCUT2D eigenvalue weighted by Crippen LogP contribution is 2.13. The van der Waals surface area contributed by atoms with Crippen LogP contribution in [0.15, 0.2) is 4.99 Å². The van der Waals surface area contributed by atoms with Gasteiger partial charge in [-0.3, -0.25) is 9.89 Å². The fourth-order valence-corrected chi connectivity index (χ4v) is 3.30. The van der Waals surface area contributed by atoms with Gasteiger partial charge < -0.3 is 20.1 Å². The van der Waals surface area contributed by atoms with E-state index < -0.39 is 0 Å². The molecule has 0 saturated carbocycles. The zero-order valence-corrected chi connectivity index (χ0v) is 17.8. The van der Waals surface area contributed by atoms with E-state index in [0.29, 0.717) is 18.1 Å². The zero-order valence-electron chi connectivity index (χ0n) is 15.4. The number of morpholine rings is 1. The maximum Gasteiger partial charge on any atom is 0.191 e. The van der Waals surface area contributed by atoms with Crippen molar-refractivity contribution in [3.63, 3.8) is 0 Å². The molecular formula is C17H35IN4O2. The van der Waals surface area contributed by atoms with Crippen molar-refractivity contribution >= 4 is 29.9 Å². The predicted octanol–water partition coefficient (Wildman–Crippen LogP) is 1.70. The van der Waals surface area contributed by atoms with Crippen molar-refractivity contribution in [2.75, 3.05) is 53.0 Å². The molecule has 2 heterocycles. The molecule has 0 aromatic rings. The van der Waals surface area contributed by atoms with Gasteiger partial charge in [-0.25, -0.2) is 0 Å². The monoisotopic (exact) mass is 454 g/mol. The number of nitrogens with zero attached hydrogens (tertiary/aromatic N) is 2. The second-order valence-electron chi connectivity index (χ2n) is 6.90. The Morgan fingerprint density at radius 2 is 1.96 bits per heavy atom. The summed E-state index contributed by atoms with van der Waals surface area (Å²) in [5, 5.41) is 6.89. The van der Waals surface area contributed by atoms with Crippen LogP contribution < -0.4 is 10.6 Å². The van der Waals surface area contributed by atoms with E-state index in [2.05, 4.69) is 34.4 Å². The average Bonchev–Trinajstić information content (AvgIpc) is 3.07. The van der Waals surface area contributed by atoms with Gasteiger partial charge in [-0.15, -0.1) is 24.0 Å². The molecule has 0 bridgehead atoms. The van der Waals surface area contributed by atoms with Gasteiger partial charge in [0.2, 0.25) is 0 Å². The molecule has 2 aliphatic heterocycles. The smallest absolute Gasteiger partial charge is 0.191 e. The summed E-state index contributed by atoms with van der Waals surface area (Å²) in [5.41, 5.74) is 0. The lowest BCUT2D eigenvalue weighted by molar-refractivity contribution is 0.0132. The lowest BCUT2D eigenvalue weighted by Gasteiger charge is -2.35. The van der Waals surface area contributed by atoms with Crippen molar-refractivity contribution in [3.8, 4) is 0 Å². The minimum atomic E-state index is 0. The number of rotatable bonds is 7. The fourth-order valence-electron chi connectivity index (χ4n) is 3.30. The van der Waals surface area contributed by atoms with Crippen LogP contribution in [0.1, 0.15) is 33.1 Å². The van der Waals surface area contributed by atoms with Crippen LogP contribution in [-0.4, -0.2) is 76.1 Å². The van der Waals surface area contributed by atoms with E-state index in [0.717, 1.165) is 58.4 Å². The first-order chi connectivity index (χ1) is 11.2. The molecule has 0 spiro atoms. The normalized spacial score (nSPS) is 23.8. The van der Waals surface area contributed by atoms with E-state index in [1.165, 1.54) is 12.8 Å². The van der Waals surface area contributed by atoms with Crippen LogP contribution in [0.5, 0.6) is 0 Å². The van der Waals surface area contributed by atoms with Crippen molar-refractivity contribution in [3.05, 3.63) is 0 Å². The Morgan fingerprint density at radius 1 is 1.21 bits per heavy atom. The molecule has 0 aromatic heterocycles. The Hall–Kier alpha value is -0.120. The molecule has 2 aliphatic rings. The van der Waals surface area contributed by atoms with Crippen LogP contribution in [0.4, 0.5) is 0 Å². The highest BCUT2D eigenvalue weighted by molar-refractivity contribution is 14.0. The molecule has 0 radical (unpaired) electrons. The van der Waals surface area contributed by atoms with E-state index in [-0.39, 0.29) is 24.0 Å². The van der Waals surface area contributed by atoms with Crippen LogP contribution in [0.2, 0.25) is 0 Å². The highest BCUT2D eigenvalue weighted by Gasteiger charge is 2.22. The third kappa shape index (κ3) is 7.84. The van der Waals surface area contributed by atoms with Crippen LogP contribution in [0.25, 0.3) is 0 Å². The largest absolute Gasteiger partial charge is 0.379 e. The summed E-state index contributed by atoms with van der Waals surface area (Å²) in [6, 6.07) is 0.528. The fraction of sp³-hybridized carbons (Fsp3) is 0.941.